The molecule has 0 fully saturated rings. The number of rotatable bonds is 6. The molecule has 0 saturated heterocycles. The van der Waals surface area contributed by atoms with E-state index < -0.39 is 0 Å². The summed E-state index contributed by atoms with van der Waals surface area (Å²) >= 11 is 1.92. The minimum Gasteiger partial charge on any atom is -0.294 e. The summed E-state index contributed by atoms with van der Waals surface area (Å²) in [6, 6.07) is 0. The van der Waals surface area contributed by atoms with E-state index in [0.717, 1.165) is 12.2 Å². The average molecular weight is 204 g/mol. The second-order valence-electron chi connectivity index (χ2n) is 3.49. The zero-order chi connectivity index (χ0) is 10.3. The molecule has 0 heterocycles. The van der Waals surface area contributed by atoms with Gasteiger partial charge in [-0.15, -0.1) is 0 Å². The van der Waals surface area contributed by atoms with E-state index in [2.05, 4.69) is 26.2 Å². The third-order valence-electron chi connectivity index (χ3n) is 2.03. The standard InChI is InChI=1S/C9H20N2OS/c1-7(2)8(3)13-6-4-5-9(12)11-10/h7-8H,4-6,10H2,1-3H3,(H,11,12). The number of carbonyl (C=O) groups excluding carboxylic acids is 1. The lowest BCUT2D eigenvalue weighted by molar-refractivity contribution is -0.121. The Morgan fingerprint density at radius 1 is 1.46 bits per heavy atom. The van der Waals surface area contributed by atoms with Gasteiger partial charge in [0.1, 0.15) is 0 Å². The van der Waals surface area contributed by atoms with Crippen molar-refractivity contribution in [3.8, 4) is 0 Å². The van der Waals surface area contributed by atoms with E-state index in [1.54, 1.807) is 0 Å². The molecule has 0 radical (unpaired) electrons. The molecule has 4 heteroatoms. The van der Waals surface area contributed by atoms with Gasteiger partial charge in [0.05, 0.1) is 0 Å². The first kappa shape index (κ1) is 12.8. The van der Waals surface area contributed by atoms with Gasteiger partial charge in [-0.25, -0.2) is 5.84 Å². The van der Waals surface area contributed by atoms with Gasteiger partial charge in [0.25, 0.3) is 0 Å². The van der Waals surface area contributed by atoms with Gasteiger partial charge in [-0.2, -0.15) is 11.8 Å². The van der Waals surface area contributed by atoms with Crippen LogP contribution in [0.15, 0.2) is 0 Å². The zero-order valence-corrected chi connectivity index (χ0v) is 9.49. The fourth-order valence-electron chi connectivity index (χ4n) is 0.767. The van der Waals surface area contributed by atoms with Crippen molar-refractivity contribution in [2.45, 2.75) is 38.9 Å². The Morgan fingerprint density at radius 3 is 2.54 bits per heavy atom. The summed E-state index contributed by atoms with van der Waals surface area (Å²) in [5, 5.41) is 0.668. The van der Waals surface area contributed by atoms with Crippen molar-refractivity contribution in [1.82, 2.24) is 5.43 Å². The molecule has 1 unspecified atom stereocenters. The van der Waals surface area contributed by atoms with E-state index in [4.69, 9.17) is 5.84 Å². The Kier molecular flexibility index (Phi) is 7.09. The molecule has 0 aromatic rings. The quantitative estimate of drug-likeness (QED) is 0.298. The van der Waals surface area contributed by atoms with Gasteiger partial charge in [0.15, 0.2) is 0 Å². The number of nitrogens with one attached hydrogen (secondary N) is 1. The summed E-state index contributed by atoms with van der Waals surface area (Å²) in [5.74, 6) is 6.62. The van der Waals surface area contributed by atoms with Crippen LogP contribution in [0, 0.1) is 5.92 Å². The van der Waals surface area contributed by atoms with Crippen molar-refractivity contribution in [3.63, 3.8) is 0 Å². The van der Waals surface area contributed by atoms with Gasteiger partial charge in [0.2, 0.25) is 5.91 Å². The molecule has 13 heavy (non-hydrogen) atoms. The van der Waals surface area contributed by atoms with Gasteiger partial charge in [0, 0.05) is 11.7 Å². The van der Waals surface area contributed by atoms with Crippen LogP contribution in [0.5, 0.6) is 0 Å². The fourth-order valence-corrected chi connectivity index (χ4v) is 1.83. The Labute approximate surface area is 84.8 Å². The molecule has 3 nitrogen and oxygen atoms in total. The summed E-state index contributed by atoms with van der Waals surface area (Å²) in [7, 11) is 0. The van der Waals surface area contributed by atoms with Crippen LogP contribution >= 0.6 is 11.8 Å². The summed E-state index contributed by atoms with van der Waals surface area (Å²) in [4.78, 5) is 10.7. The maximum atomic E-state index is 10.7. The summed E-state index contributed by atoms with van der Waals surface area (Å²) < 4.78 is 0. The lowest BCUT2D eigenvalue weighted by Gasteiger charge is -2.14. The first-order valence-electron chi connectivity index (χ1n) is 4.69. The highest BCUT2D eigenvalue weighted by Crippen LogP contribution is 2.19. The molecular formula is C9H20N2OS. The zero-order valence-electron chi connectivity index (χ0n) is 8.67. The molecule has 1 atom stereocenters. The lowest BCUT2D eigenvalue weighted by Crippen LogP contribution is -2.29. The number of hydrogen-bond acceptors (Lipinski definition) is 3. The van der Waals surface area contributed by atoms with Crippen molar-refractivity contribution in [1.29, 1.82) is 0 Å². The van der Waals surface area contributed by atoms with Gasteiger partial charge < -0.3 is 0 Å². The third-order valence-corrected chi connectivity index (χ3v) is 3.62. The van der Waals surface area contributed by atoms with Crippen LogP contribution in [-0.2, 0) is 4.79 Å². The lowest BCUT2D eigenvalue weighted by atomic mass is 10.2. The van der Waals surface area contributed by atoms with E-state index in [1.807, 2.05) is 11.8 Å². The maximum absolute atomic E-state index is 10.7. The molecule has 0 bridgehead atoms. The SMILES string of the molecule is CC(C)C(C)SCCCC(=O)NN. The first-order valence-corrected chi connectivity index (χ1v) is 5.73. The van der Waals surface area contributed by atoms with E-state index >= 15 is 0 Å². The van der Waals surface area contributed by atoms with Crippen molar-refractivity contribution in [2.24, 2.45) is 11.8 Å². The average Bonchev–Trinajstić information content (AvgIpc) is 2.11. The normalized spacial score (nSPS) is 13.0. The summed E-state index contributed by atoms with van der Waals surface area (Å²) in [6.45, 7) is 6.65. The Hall–Kier alpha value is -0.220. The Balaban J connectivity index is 3.30. The fraction of sp³-hybridized carbons (Fsp3) is 0.889. The molecule has 0 aromatic carbocycles. The van der Waals surface area contributed by atoms with E-state index in [0.29, 0.717) is 17.6 Å². The van der Waals surface area contributed by atoms with Gasteiger partial charge in [-0.05, 0) is 18.1 Å². The van der Waals surface area contributed by atoms with Crippen LogP contribution in [0.2, 0.25) is 0 Å². The smallest absolute Gasteiger partial charge is 0.233 e. The Bertz CT molecular complexity index is 151. The summed E-state index contributed by atoms with van der Waals surface area (Å²) in [6.07, 6.45) is 1.44. The van der Waals surface area contributed by atoms with Crippen molar-refractivity contribution in [2.75, 3.05) is 5.75 Å². The van der Waals surface area contributed by atoms with Crippen LogP contribution in [0.25, 0.3) is 0 Å². The molecule has 0 aliphatic heterocycles. The van der Waals surface area contributed by atoms with E-state index in [-0.39, 0.29) is 5.91 Å². The van der Waals surface area contributed by atoms with Gasteiger partial charge in [-0.3, -0.25) is 10.2 Å². The molecular weight excluding hydrogens is 184 g/mol. The van der Waals surface area contributed by atoms with Gasteiger partial charge in [-0.1, -0.05) is 20.8 Å². The predicted molar refractivity (Wildman–Crippen MR) is 58.3 cm³/mol. The number of hydrazine groups is 1. The second kappa shape index (κ2) is 7.21. The minimum atomic E-state index is -0.0715. The molecule has 0 aliphatic carbocycles. The number of hydrogen-bond donors (Lipinski definition) is 2. The van der Waals surface area contributed by atoms with Crippen LogP contribution in [-0.4, -0.2) is 16.9 Å². The molecule has 0 aliphatic rings. The molecule has 0 rings (SSSR count). The number of nitrogens with two attached hydrogens (primary N) is 1. The van der Waals surface area contributed by atoms with Crippen LogP contribution in [0.3, 0.4) is 0 Å². The summed E-state index contributed by atoms with van der Waals surface area (Å²) in [5.41, 5.74) is 2.13. The second-order valence-corrected chi connectivity index (χ2v) is 4.98. The first-order chi connectivity index (χ1) is 6.07. The van der Waals surface area contributed by atoms with E-state index in [1.165, 1.54) is 0 Å². The van der Waals surface area contributed by atoms with Crippen molar-refractivity contribution >= 4 is 17.7 Å². The monoisotopic (exact) mass is 204 g/mol. The largest absolute Gasteiger partial charge is 0.294 e. The molecule has 0 spiro atoms. The molecule has 0 aromatic heterocycles. The molecule has 1 amide bonds. The third kappa shape index (κ3) is 6.90. The van der Waals surface area contributed by atoms with Crippen molar-refractivity contribution in [3.05, 3.63) is 0 Å². The Morgan fingerprint density at radius 2 is 2.08 bits per heavy atom. The molecule has 78 valence electrons. The van der Waals surface area contributed by atoms with Crippen LogP contribution in [0.4, 0.5) is 0 Å². The van der Waals surface area contributed by atoms with E-state index in [9.17, 15) is 4.79 Å². The highest BCUT2D eigenvalue weighted by atomic mass is 32.2. The highest BCUT2D eigenvalue weighted by molar-refractivity contribution is 7.99. The number of thioether (sulfide) groups is 1. The molecule has 0 saturated carbocycles. The van der Waals surface area contributed by atoms with Crippen LogP contribution in [0.1, 0.15) is 33.6 Å². The van der Waals surface area contributed by atoms with Crippen molar-refractivity contribution < 1.29 is 4.79 Å². The number of carbonyl (C=O) groups is 1. The van der Waals surface area contributed by atoms with Crippen LogP contribution < -0.4 is 11.3 Å². The molecule has 3 N–H and O–H groups in total. The topological polar surface area (TPSA) is 55.1 Å². The predicted octanol–water partition coefficient (Wildman–Crippen LogP) is 1.53. The minimum absolute atomic E-state index is 0.0715. The van der Waals surface area contributed by atoms with Gasteiger partial charge >= 0.3 is 0 Å². The number of amides is 1. The highest BCUT2D eigenvalue weighted by Gasteiger charge is 2.07. The maximum Gasteiger partial charge on any atom is 0.233 e.